The SMILES string of the molecule is Cc1ccc(OCC(=O)OCC(=O)N[C@@H]2CCCC[C@H]2C)c(Br)c1. The van der Waals surface area contributed by atoms with Crippen LogP contribution in [0.25, 0.3) is 0 Å². The molecule has 1 amide bonds. The molecular formula is C18H24BrNO4. The van der Waals surface area contributed by atoms with Crippen molar-refractivity contribution in [3.63, 3.8) is 0 Å². The fourth-order valence-electron chi connectivity index (χ4n) is 2.83. The third-order valence-electron chi connectivity index (χ3n) is 4.26. The summed E-state index contributed by atoms with van der Waals surface area (Å²) in [5.74, 6) is 0.228. The van der Waals surface area contributed by atoms with E-state index in [-0.39, 0.29) is 25.2 Å². The van der Waals surface area contributed by atoms with Gasteiger partial charge in [0.05, 0.1) is 4.47 Å². The first-order chi connectivity index (χ1) is 11.5. The minimum Gasteiger partial charge on any atom is -0.481 e. The molecule has 1 saturated carbocycles. The number of hydrogen-bond donors (Lipinski definition) is 1. The van der Waals surface area contributed by atoms with Crippen LogP contribution in [0.15, 0.2) is 22.7 Å². The summed E-state index contributed by atoms with van der Waals surface area (Å²) in [7, 11) is 0. The van der Waals surface area contributed by atoms with Crippen molar-refractivity contribution in [1.82, 2.24) is 5.32 Å². The van der Waals surface area contributed by atoms with Crippen LogP contribution in [0.2, 0.25) is 0 Å². The number of esters is 1. The summed E-state index contributed by atoms with van der Waals surface area (Å²) in [6.07, 6.45) is 4.47. The van der Waals surface area contributed by atoms with Gasteiger partial charge in [-0.1, -0.05) is 25.8 Å². The lowest BCUT2D eigenvalue weighted by Gasteiger charge is -2.29. The lowest BCUT2D eigenvalue weighted by Crippen LogP contribution is -2.43. The third kappa shape index (κ3) is 5.82. The van der Waals surface area contributed by atoms with Gasteiger partial charge in [0.15, 0.2) is 13.2 Å². The van der Waals surface area contributed by atoms with Crippen molar-refractivity contribution in [2.24, 2.45) is 5.92 Å². The van der Waals surface area contributed by atoms with Crippen LogP contribution in [-0.2, 0) is 14.3 Å². The molecule has 0 aliphatic heterocycles. The first kappa shape index (κ1) is 18.8. The van der Waals surface area contributed by atoms with Gasteiger partial charge in [0.25, 0.3) is 5.91 Å². The second-order valence-electron chi connectivity index (χ2n) is 6.32. The van der Waals surface area contributed by atoms with Crippen LogP contribution < -0.4 is 10.1 Å². The number of rotatable bonds is 6. The van der Waals surface area contributed by atoms with E-state index in [1.165, 1.54) is 6.42 Å². The van der Waals surface area contributed by atoms with Gasteiger partial charge >= 0.3 is 5.97 Å². The Balaban J connectivity index is 1.69. The monoisotopic (exact) mass is 397 g/mol. The molecule has 0 aromatic heterocycles. The number of carbonyl (C=O) groups is 2. The Hall–Kier alpha value is -1.56. The quantitative estimate of drug-likeness (QED) is 0.747. The van der Waals surface area contributed by atoms with Crippen molar-refractivity contribution in [3.05, 3.63) is 28.2 Å². The predicted octanol–water partition coefficient (Wildman–Crippen LogP) is 3.37. The zero-order valence-corrected chi connectivity index (χ0v) is 15.7. The fraction of sp³-hybridized carbons (Fsp3) is 0.556. The Morgan fingerprint density at radius 3 is 2.71 bits per heavy atom. The first-order valence-electron chi connectivity index (χ1n) is 8.29. The maximum atomic E-state index is 11.9. The van der Waals surface area contributed by atoms with E-state index in [0.29, 0.717) is 11.7 Å². The van der Waals surface area contributed by atoms with E-state index in [2.05, 4.69) is 28.2 Å². The second-order valence-corrected chi connectivity index (χ2v) is 7.17. The molecule has 0 spiro atoms. The average molecular weight is 398 g/mol. The summed E-state index contributed by atoms with van der Waals surface area (Å²) in [6.45, 7) is 3.62. The molecular weight excluding hydrogens is 374 g/mol. The van der Waals surface area contributed by atoms with Gasteiger partial charge in [-0.2, -0.15) is 0 Å². The van der Waals surface area contributed by atoms with E-state index in [1.54, 1.807) is 6.07 Å². The smallest absolute Gasteiger partial charge is 0.344 e. The standard InChI is InChI=1S/C18H24BrNO4/c1-12-7-8-16(14(19)9-12)23-11-18(22)24-10-17(21)20-15-6-4-3-5-13(15)2/h7-9,13,15H,3-6,10-11H2,1-2H3,(H,20,21)/t13-,15-/m1/s1. The van der Waals surface area contributed by atoms with Gasteiger partial charge in [0.2, 0.25) is 0 Å². The van der Waals surface area contributed by atoms with Crippen molar-refractivity contribution in [3.8, 4) is 5.75 Å². The van der Waals surface area contributed by atoms with Gasteiger partial charge in [-0.15, -0.1) is 0 Å². The molecule has 132 valence electrons. The second kappa shape index (κ2) is 9.06. The van der Waals surface area contributed by atoms with E-state index < -0.39 is 5.97 Å². The maximum Gasteiger partial charge on any atom is 0.344 e. The summed E-state index contributed by atoms with van der Waals surface area (Å²) < 4.78 is 11.2. The van der Waals surface area contributed by atoms with Crippen LogP contribution in [0.1, 0.15) is 38.2 Å². The molecule has 6 heteroatoms. The van der Waals surface area contributed by atoms with Crippen LogP contribution in [0.3, 0.4) is 0 Å². The number of ether oxygens (including phenoxy) is 2. The number of amides is 1. The molecule has 1 aromatic rings. The minimum atomic E-state index is -0.561. The van der Waals surface area contributed by atoms with Gasteiger partial charge in [-0.05, 0) is 59.3 Å². The Kier molecular flexibility index (Phi) is 7.09. The van der Waals surface area contributed by atoms with Crippen molar-refractivity contribution in [1.29, 1.82) is 0 Å². The molecule has 1 N–H and O–H groups in total. The Morgan fingerprint density at radius 2 is 2.00 bits per heavy atom. The van der Waals surface area contributed by atoms with Gasteiger partial charge in [-0.25, -0.2) is 4.79 Å². The average Bonchev–Trinajstić information content (AvgIpc) is 2.54. The molecule has 1 aromatic carbocycles. The molecule has 0 unspecified atom stereocenters. The van der Waals surface area contributed by atoms with E-state index in [9.17, 15) is 9.59 Å². The van der Waals surface area contributed by atoms with Crippen LogP contribution in [0, 0.1) is 12.8 Å². The molecule has 1 aliphatic rings. The van der Waals surface area contributed by atoms with Gasteiger partial charge in [0, 0.05) is 6.04 Å². The van der Waals surface area contributed by atoms with Crippen LogP contribution in [0.5, 0.6) is 5.75 Å². The Labute approximate surface area is 151 Å². The van der Waals surface area contributed by atoms with E-state index >= 15 is 0 Å². The summed E-state index contributed by atoms with van der Waals surface area (Å²) in [4.78, 5) is 23.6. The molecule has 1 aliphatic carbocycles. The first-order valence-corrected chi connectivity index (χ1v) is 9.09. The molecule has 0 radical (unpaired) electrons. The highest BCUT2D eigenvalue weighted by Gasteiger charge is 2.23. The van der Waals surface area contributed by atoms with E-state index in [1.807, 2.05) is 19.1 Å². The van der Waals surface area contributed by atoms with Crippen molar-refractivity contribution in [2.45, 2.75) is 45.6 Å². The number of aryl methyl sites for hydroxylation is 1. The normalized spacial score (nSPS) is 20.3. The van der Waals surface area contributed by atoms with Crippen LogP contribution >= 0.6 is 15.9 Å². The maximum absolute atomic E-state index is 11.9. The molecule has 0 heterocycles. The highest BCUT2D eigenvalue weighted by molar-refractivity contribution is 9.10. The predicted molar refractivity (Wildman–Crippen MR) is 94.9 cm³/mol. The van der Waals surface area contributed by atoms with Crippen LogP contribution in [-0.4, -0.2) is 31.1 Å². The van der Waals surface area contributed by atoms with Crippen molar-refractivity contribution >= 4 is 27.8 Å². The van der Waals surface area contributed by atoms with Crippen molar-refractivity contribution < 1.29 is 19.1 Å². The number of carbonyl (C=O) groups excluding carboxylic acids is 2. The number of halogens is 1. The zero-order chi connectivity index (χ0) is 17.5. The largest absolute Gasteiger partial charge is 0.481 e. The summed E-state index contributed by atoms with van der Waals surface area (Å²) in [5.41, 5.74) is 1.09. The summed E-state index contributed by atoms with van der Waals surface area (Å²) in [6, 6.07) is 5.76. The number of hydrogen-bond acceptors (Lipinski definition) is 4. The van der Waals surface area contributed by atoms with Gasteiger partial charge < -0.3 is 14.8 Å². The molecule has 5 nitrogen and oxygen atoms in total. The lowest BCUT2D eigenvalue weighted by atomic mass is 9.86. The van der Waals surface area contributed by atoms with E-state index in [4.69, 9.17) is 9.47 Å². The number of benzene rings is 1. The minimum absolute atomic E-state index is 0.185. The molecule has 2 atom stereocenters. The highest BCUT2D eigenvalue weighted by atomic mass is 79.9. The summed E-state index contributed by atoms with van der Waals surface area (Å²) >= 11 is 3.38. The highest BCUT2D eigenvalue weighted by Crippen LogP contribution is 2.25. The Bertz CT molecular complexity index is 590. The third-order valence-corrected chi connectivity index (χ3v) is 4.87. The molecule has 24 heavy (non-hydrogen) atoms. The summed E-state index contributed by atoms with van der Waals surface area (Å²) in [5, 5.41) is 2.95. The Morgan fingerprint density at radius 1 is 1.25 bits per heavy atom. The number of nitrogens with one attached hydrogen (secondary N) is 1. The fourth-order valence-corrected chi connectivity index (χ4v) is 3.43. The van der Waals surface area contributed by atoms with Gasteiger partial charge in [-0.3, -0.25) is 4.79 Å². The zero-order valence-electron chi connectivity index (χ0n) is 14.1. The van der Waals surface area contributed by atoms with Gasteiger partial charge in [0.1, 0.15) is 5.75 Å². The molecule has 0 bridgehead atoms. The van der Waals surface area contributed by atoms with E-state index in [0.717, 1.165) is 29.3 Å². The molecule has 1 fully saturated rings. The molecule has 2 rings (SSSR count). The van der Waals surface area contributed by atoms with Crippen molar-refractivity contribution in [2.75, 3.05) is 13.2 Å². The lowest BCUT2D eigenvalue weighted by molar-refractivity contribution is -0.150. The molecule has 0 saturated heterocycles. The topological polar surface area (TPSA) is 64.6 Å². The van der Waals surface area contributed by atoms with Crippen LogP contribution in [0.4, 0.5) is 0 Å².